The zero-order valence-electron chi connectivity index (χ0n) is 12.6. The lowest BCUT2D eigenvalue weighted by molar-refractivity contribution is 0.0970. The van der Waals surface area contributed by atoms with Crippen molar-refractivity contribution < 1.29 is 9.59 Å². The van der Waals surface area contributed by atoms with E-state index in [1.54, 1.807) is 35.2 Å². The highest BCUT2D eigenvalue weighted by Crippen LogP contribution is 2.29. The molecule has 1 atom stereocenters. The number of benzene rings is 2. The molecule has 23 heavy (non-hydrogen) atoms. The molecule has 1 heterocycles. The van der Waals surface area contributed by atoms with Crippen molar-refractivity contribution >= 4 is 11.6 Å². The molecule has 1 aromatic heterocycles. The Morgan fingerprint density at radius 2 is 1.48 bits per heavy atom. The number of nitrogens with zero attached hydrogens (tertiary/aromatic N) is 2. The van der Waals surface area contributed by atoms with E-state index in [1.165, 1.54) is 0 Å². The minimum absolute atomic E-state index is 0.0746. The Bertz CT molecular complexity index is 926. The van der Waals surface area contributed by atoms with Crippen molar-refractivity contribution in [3.05, 3.63) is 89.0 Å². The van der Waals surface area contributed by atoms with E-state index < -0.39 is 0 Å². The van der Waals surface area contributed by atoms with Crippen LogP contribution in [0.2, 0.25) is 0 Å². The number of carbonyl (C=O) groups excluding carboxylic acids is 2. The van der Waals surface area contributed by atoms with Gasteiger partial charge in [0.2, 0.25) is 11.6 Å². The van der Waals surface area contributed by atoms with Crippen LogP contribution in [0, 0.1) is 0 Å². The highest BCUT2D eigenvalue weighted by Gasteiger charge is 2.34. The van der Waals surface area contributed by atoms with Crippen LogP contribution in [0.25, 0.3) is 0 Å². The predicted molar refractivity (Wildman–Crippen MR) is 85.8 cm³/mol. The van der Waals surface area contributed by atoms with E-state index in [4.69, 9.17) is 0 Å². The Labute approximate surface area is 133 Å². The summed E-state index contributed by atoms with van der Waals surface area (Å²) in [6.45, 7) is 2.00. The van der Waals surface area contributed by atoms with Crippen LogP contribution in [0.3, 0.4) is 0 Å². The summed E-state index contributed by atoms with van der Waals surface area (Å²) < 4.78 is 1.79. The fourth-order valence-electron chi connectivity index (χ4n) is 3.07. The average molecular weight is 302 g/mol. The van der Waals surface area contributed by atoms with Crippen LogP contribution in [0.4, 0.5) is 0 Å². The Kier molecular flexibility index (Phi) is 2.98. The van der Waals surface area contributed by atoms with Crippen LogP contribution in [-0.4, -0.2) is 21.1 Å². The van der Waals surface area contributed by atoms with E-state index in [-0.39, 0.29) is 23.3 Å². The number of hydrogen-bond acceptors (Lipinski definition) is 3. The highest BCUT2D eigenvalue weighted by atomic mass is 16.1. The van der Waals surface area contributed by atoms with Gasteiger partial charge in [0.05, 0.1) is 12.4 Å². The van der Waals surface area contributed by atoms with Gasteiger partial charge in [-0.15, -0.1) is 0 Å². The summed E-state index contributed by atoms with van der Waals surface area (Å²) in [7, 11) is 0. The second kappa shape index (κ2) is 5.02. The molecule has 1 unspecified atom stereocenters. The summed E-state index contributed by atoms with van der Waals surface area (Å²) in [5.74, 6) is -0.329. The summed E-state index contributed by atoms with van der Waals surface area (Å²) in [5, 5.41) is 0. The number of fused-ring (bicyclic) bond motifs is 2. The van der Waals surface area contributed by atoms with Gasteiger partial charge in [0.1, 0.15) is 11.4 Å². The molecule has 4 rings (SSSR count). The average Bonchev–Trinajstić information content (AvgIpc) is 3.05. The molecule has 3 aromatic rings. The molecule has 0 N–H and O–H groups in total. The fraction of sp³-hybridized carbons (Fsp3) is 0.105. The SMILES string of the molecule is CC(c1ccccc1)n1cnc2c1C(=O)c1ccccc1C2=O. The minimum atomic E-state index is -0.186. The van der Waals surface area contributed by atoms with Gasteiger partial charge in [-0.3, -0.25) is 9.59 Å². The lowest BCUT2D eigenvalue weighted by Gasteiger charge is -2.20. The number of imidazole rings is 1. The van der Waals surface area contributed by atoms with Crippen molar-refractivity contribution in [1.29, 1.82) is 0 Å². The van der Waals surface area contributed by atoms with Gasteiger partial charge in [-0.2, -0.15) is 0 Å². The van der Waals surface area contributed by atoms with E-state index in [9.17, 15) is 9.59 Å². The zero-order chi connectivity index (χ0) is 16.0. The van der Waals surface area contributed by atoms with Crippen molar-refractivity contribution in [1.82, 2.24) is 9.55 Å². The first-order valence-corrected chi connectivity index (χ1v) is 7.48. The third-order valence-electron chi connectivity index (χ3n) is 4.34. The van der Waals surface area contributed by atoms with Crippen LogP contribution in [0.5, 0.6) is 0 Å². The maximum Gasteiger partial charge on any atom is 0.214 e. The largest absolute Gasteiger partial charge is 0.320 e. The monoisotopic (exact) mass is 302 g/mol. The van der Waals surface area contributed by atoms with E-state index >= 15 is 0 Å². The molecule has 0 spiro atoms. The lowest BCUT2D eigenvalue weighted by atomic mass is 9.90. The smallest absolute Gasteiger partial charge is 0.214 e. The third kappa shape index (κ3) is 1.95. The van der Waals surface area contributed by atoms with E-state index in [1.807, 2.05) is 37.3 Å². The van der Waals surface area contributed by atoms with Crippen LogP contribution in [0.15, 0.2) is 60.9 Å². The molecule has 4 heteroatoms. The van der Waals surface area contributed by atoms with Crippen molar-refractivity contribution in [2.45, 2.75) is 13.0 Å². The summed E-state index contributed by atoms with van der Waals surface area (Å²) in [6, 6.07) is 16.7. The topological polar surface area (TPSA) is 52.0 Å². The zero-order valence-corrected chi connectivity index (χ0v) is 12.6. The summed E-state index contributed by atoms with van der Waals surface area (Å²) in [5.41, 5.74) is 2.57. The van der Waals surface area contributed by atoms with Gasteiger partial charge in [0.25, 0.3) is 0 Å². The molecule has 2 aromatic carbocycles. The Balaban J connectivity index is 1.87. The summed E-state index contributed by atoms with van der Waals surface area (Å²) in [6.07, 6.45) is 1.59. The van der Waals surface area contributed by atoms with Crippen molar-refractivity contribution in [3.8, 4) is 0 Å². The van der Waals surface area contributed by atoms with Gasteiger partial charge in [-0.1, -0.05) is 54.6 Å². The standard InChI is InChI=1S/C19H14N2O2/c1-12(13-7-3-2-4-8-13)21-11-20-16-17(21)19(23)15-10-6-5-9-14(15)18(16)22/h2-12H,1H3. The molecule has 112 valence electrons. The van der Waals surface area contributed by atoms with Gasteiger partial charge in [0, 0.05) is 11.1 Å². The molecular weight excluding hydrogens is 288 g/mol. The fourth-order valence-corrected chi connectivity index (χ4v) is 3.07. The number of rotatable bonds is 2. The molecule has 0 fully saturated rings. The van der Waals surface area contributed by atoms with Crippen molar-refractivity contribution in [3.63, 3.8) is 0 Å². The first-order valence-electron chi connectivity index (χ1n) is 7.48. The van der Waals surface area contributed by atoms with Crippen LogP contribution in [-0.2, 0) is 0 Å². The molecule has 0 bridgehead atoms. The van der Waals surface area contributed by atoms with E-state index in [2.05, 4.69) is 4.98 Å². The minimum Gasteiger partial charge on any atom is -0.320 e. The molecule has 0 saturated carbocycles. The number of ketones is 2. The second-order valence-corrected chi connectivity index (χ2v) is 5.64. The molecule has 0 amide bonds. The van der Waals surface area contributed by atoms with Gasteiger partial charge < -0.3 is 4.57 Å². The van der Waals surface area contributed by atoms with Gasteiger partial charge in [-0.25, -0.2) is 4.98 Å². The maximum atomic E-state index is 12.9. The molecule has 0 radical (unpaired) electrons. The van der Waals surface area contributed by atoms with Gasteiger partial charge >= 0.3 is 0 Å². The van der Waals surface area contributed by atoms with Crippen LogP contribution < -0.4 is 0 Å². The maximum absolute atomic E-state index is 12.9. The van der Waals surface area contributed by atoms with Crippen LogP contribution in [0.1, 0.15) is 50.6 Å². The van der Waals surface area contributed by atoms with Gasteiger partial charge in [-0.05, 0) is 12.5 Å². The first-order chi connectivity index (χ1) is 11.2. The Morgan fingerprint density at radius 3 is 2.17 bits per heavy atom. The molecule has 4 nitrogen and oxygen atoms in total. The Hall–Kier alpha value is -3.01. The molecule has 0 saturated heterocycles. The third-order valence-corrected chi connectivity index (χ3v) is 4.34. The second-order valence-electron chi connectivity index (χ2n) is 5.64. The lowest BCUT2D eigenvalue weighted by Crippen LogP contribution is -2.24. The normalized spacial score (nSPS) is 14.3. The number of carbonyl (C=O) groups is 2. The van der Waals surface area contributed by atoms with E-state index in [0.717, 1.165) is 5.56 Å². The Morgan fingerprint density at radius 1 is 0.870 bits per heavy atom. The molecular formula is C19H14N2O2. The predicted octanol–water partition coefficient (Wildman–Crippen LogP) is 3.27. The van der Waals surface area contributed by atoms with Crippen molar-refractivity contribution in [2.75, 3.05) is 0 Å². The van der Waals surface area contributed by atoms with Crippen LogP contribution >= 0.6 is 0 Å². The molecule has 1 aliphatic carbocycles. The molecule has 1 aliphatic rings. The quantitative estimate of drug-likeness (QED) is 0.571. The highest BCUT2D eigenvalue weighted by molar-refractivity contribution is 6.27. The summed E-state index contributed by atoms with van der Waals surface area (Å²) >= 11 is 0. The number of aromatic nitrogens is 2. The summed E-state index contributed by atoms with van der Waals surface area (Å²) in [4.78, 5) is 29.7. The molecule has 0 aliphatic heterocycles. The van der Waals surface area contributed by atoms with E-state index in [0.29, 0.717) is 16.8 Å². The first kappa shape index (κ1) is 13.6. The van der Waals surface area contributed by atoms with Gasteiger partial charge in [0.15, 0.2) is 0 Å². The van der Waals surface area contributed by atoms with Crippen molar-refractivity contribution in [2.24, 2.45) is 0 Å². The number of hydrogen-bond donors (Lipinski definition) is 0.